The lowest BCUT2D eigenvalue weighted by Gasteiger charge is -2.07. The Kier molecular flexibility index (Phi) is 6.02. The van der Waals surface area contributed by atoms with Crippen molar-refractivity contribution in [3.05, 3.63) is 59.7 Å². The number of nitrogens with two attached hydrogens (primary N) is 1. The number of carbonyl (C=O) groups is 1. The highest BCUT2D eigenvalue weighted by Crippen LogP contribution is 2.28. The van der Waals surface area contributed by atoms with E-state index in [1.54, 1.807) is 13.3 Å². The van der Waals surface area contributed by atoms with Crippen LogP contribution in [0.1, 0.15) is 36.2 Å². The number of fused-ring (bicyclic) bond motifs is 2. The largest absolute Gasteiger partial charge is 0.496 e. The molecule has 0 aliphatic heterocycles. The summed E-state index contributed by atoms with van der Waals surface area (Å²) < 4.78 is 6.85. The summed E-state index contributed by atoms with van der Waals surface area (Å²) in [6, 6.07) is 15.0. The molecule has 2 heterocycles. The monoisotopic (exact) mass is 430 g/mol. The van der Waals surface area contributed by atoms with Crippen molar-refractivity contribution >= 4 is 40.1 Å². The van der Waals surface area contributed by atoms with Crippen molar-refractivity contribution in [2.24, 2.45) is 11.0 Å². The molecule has 4 aromatic rings. The average Bonchev–Trinajstić information content (AvgIpc) is 3.06. The van der Waals surface area contributed by atoms with E-state index in [-0.39, 0.29) is 17.3 Å². The molecule has 164 valence electrons. The van der Waals surface area contributed by atoms with Gasteiger partial charge in [-0.1, -0.05) is 38.1 Å². The van der Waals surface area contributed by atoms with Crippen LogP contribution in [0.2, 0.25) is 0 Å². The number of para-hydroxylation sites is 3. The Morgan fingerprint density at radius 2 is 1.84 bits per heavy atom. The molecule has 3 N–H and O–H groups in total. The fourth-order valence-electron chi connectivity index (χ4n) is 3.44. The molecule has 0 saturated heterocycles. The van der Waals surface area contributed by atoms with Crippen LogP contribution < -0.4 is 15.8 Å². The highest BCUT2D eigenvalue weighted by Gasteiger charge is 2.24. The summed E-state index contributed by atoms with van der Waals surface area (Å²) >= 11 is 0. The SMILES string of the molecule is COc1ccccc1/C=N/n1c(N)c(C(=O)NCCC(C)C)c2nc3ccccc3nc21. The average molecular weight is 431 g/mol. The Hall–Kier alpha value is -3.94. The number of benzene rings is 2. The second-order valence-corrected chi connectivity index (χ2v) is 7.88. The van der Waals surface area contributed by atoms with Crippen molar-refractivity contribution in [3.63, 3.8) is 0 Å². The molecule has 32 heavy (non-hydrogen) atoms. The Morgan fingerprint density at radius 1 is 1.16 bits per heavy atom. The fourth-order valence-corrected chi connectivity index (χ4v) is 3.44. The number of carbonyl (C=O) groups excluding carboxylic acids is 1. The molecule has 4 rings (SSSR count). The first kappa shape index (κ1) is 21.3. The van der Waals surface area contributed by atoms with Crippen LogP contribution in [0.25, 0.3) is 22.2 Å². The Bertz CT molecular complexity index is 1310. The van der Waals surface area contributed by atoms with Gasteiger partial charge < -0.3 is 15.8 Å². The van der Waals surface area contributed by atoms with Crippen LogP contribution in [0.5, 0.6) is 5.75 Å². The van der Waals surface area contributed by atoms with Gasteiger partial charge >= 0.3 is 0 Å². The summed E-state index contributed by atoms with van der Waals surface area (Å²) in [5.41, 5.74) is 9.68. The van der Waals surface area contributed by atoms with Crippen molar-refractivity contribution in [1.29, 1.82) is 0 Å². The zero-order valence-corrected chi connectivity index (χ0v) is 18.4. The van der Waals surface area contributed by atoms with E-state index < -0.39 is 0 Å². The van der Waals surface area contributed by atoms with Crippen molar-refractivity contribution < 1.29 is 9.53 Å². The van der Waals surface area contributed by atoms with Gasteiger partial charge in [-0.05, 0) is 36.6 Å². The van der Waals surface area contributed by atoms with Gasteiger partial charge in [-0.2, -0.15) is 9.78 Å². The minimum Gasteiger partial charge on any atom is -0.496 e. The molecule has 0 unspecified atom stereocenters. The Morgan fingerprint density at radius 3 is 2.56 bits per heavy atom. The van der Waals surface area contributed by atoms with E-state index in [0.717, 1.165) is 12.0 Å². The first-order valence-electron chi connectivity index (χ1n) is 10.5. The molecule has 0 radical (unpaired) electrons. The van der Waals surface area contributed by atoms with Crippen molar-refractivity contribution in [2.75, 3.05) is 19.4 Å². The van der Waals surface area contributed by atoms with Crippen molar-refractivity contribution in [2.45, 2.75) is 20.3 Å². The molecule has 8 heteroatoms. The lowest BCUT2D eigenvalue weighted by molar-refractivity contribution is 0.0954. The van der Waals surface area contributed by atoms with Crippen LogP contribution in [-0.4, -0.2) is 40.4 Å². The van der Waals surface area contributed by atoms with Gasteiger partial charge in [0.25, 0.3) is 5.91 Å². The first-order valence-corrected chi connectivity index (χ1v) is 10.5. The maximum absolute atomic E-state index is 13.0. The predicted molar refractivity (Wildman–Crippen MR) is 127 cm³/mol. The Balaban J connectivity index is 1.84. The summed E-state index contributed by atoms with van der Waals surface area (Å²) in [5.74, 6) is 1.05. The number of nitrogens with one attached hydrogen (secondary N) is 1. The van der Waals surface area contributed by atoms with Crippen LogP contribution in [0.3, 0.4) is 0 Å². The minimum atomic E-state index is -0.288. The number of rotatable bonds is 7. The molecular weight excluding hydrogens is 404 g/mol. The number of methoxy groups -OCH3 is 1. The van der Waals surface area contributed by atoms with Gasteiger partial charge in [-0.15, -0.1) is 0 Å². The van der Waals surface area contributed by atoms with Gasteiger partial charge in [0, 0.05) is 12.1 Å². The molecule has 8 nitrogen and oxygen atoms in total. The quantitative estimate of drug-likeness (QED) is 0.433. The van der Waals surface area contributed by atoms with E-state index in [0.29, 0.717) is 40.4 Å². The number of hydrogen-bond donors (Lipinski definition) is 2. The van der Waals surface area contributed by atoms with Gasteiger partial charge in [0.15, 0.2) is 5.65 Å². The third kappa shape index (κ3) is 4.12. The standard InChI is InChI=1S/C24H26N6O2/c1-15(2)12-13-26-24(31)20-21-23(29-18-10-6-5-9-17(18)28-21)30(22(20)25)27-14-16-8-4-7-11-19(16)32-3/h4-11,14-15H,12-13,25H2,1-3H3,(H,26,31)/b27-14+. The highest BCUT2D eigenvalue weighted by molar-refractivity contribution is 6.10. The molecule has 0 spiro atoms. The predicted octanol–water partition coefficient (Wildman–Crippen LogP) is 3.83. The van der Waals surface area contributed by atoms with Gasteiger partial charge in [0.1, 0.15) is 22.6 Å². The lowest BCUT2D eigenvalue weighted by Crippen LogP contribution is -2.26. The fraction of sp³-hybridized carbons (Fsp3) is 0.250. The normalized spacial score (nSPS) is 11.6. The number of aromatic nitrogens is 3. The van der Waals surface area contributed by atoms with E-state index in [4.69, 9.17) is 15.5 Å². The maximum atomic E-state index is 13.0. The van der Waals surface area contributed by atoms with Gasteiger partial charge in [0.2, 0.25) is 0 Å². The second-order valence-electron chi connectivity index (χ2n) is 7.88. The van der Waals surface area contributed by atoms with E-state index >= 15 is 0 Å². The van der Waals surface area contributed by atoms with E-state index in [1.165, 1.54) is 4.68 Å². The minimum absolute atomic E-state index is 0.184. The van der Waals surface area contributed by atoms with Crippen molar-refractivity contribution in [1.82, 2.24) is 20.0 Å². The smallest absolute Gasteiger partial charge is 0.257 e. The summed E-state index contributed by atoms with van der Waals surface area (Å²) in [7, 11) is 1.60. The van der Waals surface area contributed by atoms with Gasteiger partial charge in [0.05, 0.1) is 24.4 Å². The summed E-state index contributed by atoms with van der Waals surface area (Å²) in [6.45, 7) is 4.77. The molecule has 0 bridgehead atoms. The molecule has 0 atom stereocenters. The van der Waals surface area contributed by atoms with Gasteiger partial charge in [-0.25, -0.2) is 9.97 Å². The number of amides is 1. The number of anilines is 1. The summed E-state index contributed by atoms with van der Waals surface area (Å²) in [6.07, 6.45) is 2.50. The molecule has 2 aromatic heterocycles. The molecule has 0 saturated carbocycles. The molecule has 0 aliphatic rings. The van der Waals surface area contributed by atoms with Crippen LogP contribution >= 0.6 is 0 Å². The van der Waals surface area contributed by atoms with Gasteiger partial charge in [-0.3, -0.25) is 4.79 Å². The molecule has 0 aliphatic carbocycles. The third-order valence-corrected chi connectivity index (χ3v) is 5.16. The summed E-state index contributed by atoms with van der Waals surface area (Å²) in [5, 5.41) is 7.48. The van der Waals surface area contributed by atoms with Crippen LogP contribution in [0, 0.1) is 5.92 Å². The van der Waals surface area contributed by atoms with E-state index in [1.807, 2.05) is 48.5 Å². The van der Waals surface area contributed by atoms with Crippen LogP contribution in [0.15, 0.2) is 53.6 Å². The molecule has 2 aromatic carbocycles. The van der Waals surface area contributed by atoms with Crippen LogP contribution in [-0.2, 0) is 0 Å². The highest BCUT2D eigenvalue weighted by atomic mass is 16.5. The molecule has 0 fully saturated rings. The van der Waals surface area contributed by atoms with Crippen LogP contribution in [0.4, 0.5) is 5.82 Å². The van der Waals surface area contributed by atoms with E-state index in [9.17, 15) is 4.79 Å². The van der Waals surface area contributed by atoms with Crippen molar-refractivity contribution in [3.8, 4) is 5.75 Å². The van der Waals surface area contributed by atoms with E-state index in [2.05, 4.69) is 29.2 Å². The first-order chi connectivity index (χ1) is 15.5. The second kappa shape index (κ2) is 9.05. The number of nitrogen functional groups attached to an aromatic ring is 1. The maximum Gasteiger partial charge on any atom is 0.257 e. The summed E-state index contributed by atoms with van der Waals surface area (Å²) in [4.78, 5) is 22.4. The number of ether oxygens (including phenoxy) is 1. The molecular formula is C24H26N6O2. The number of hydrogen-bond acceptors (Lipinski definition) is 6. The molecule has 1 amide bonds. The Labute approximate surface area is 186 Å². The zero-order valence-electron chi connectivity index (χ0n) is 18.4. The number of nitrogens with zero attached hydrogens (tertiary/aromatic N) is 4. The topological polar surface area (TPSA) is 107 Å². The zero-order chi connectivity index (χ0) is 22.7. The lowest BCUT2D eigenvalue weighted by atomic mass is 10.1. The third-order valence-electron chi connectivity index (χ3n) is 5.16.